The Kier molecular flexibility index (Phi) is 49.7. The van der Waals surface area contributed by atoms with Crippen molar-refractivity contribution in [3.8, 4) is 0 Å². The Balaban J connectivity index is 1.30. The molecule has 3 aliphatic heterocycles. The van der Waals surface area contributed by atoms with E-state index in [1.807, 2.05) is 6.08 Å². The number of aliphatic hydroxyl groups excluding tert-OH is 11. The Hall–Kier alpha value is -3.03. The van der Waals surface area contributed by atoms with Crippen molar-refractivity contribution in [2.75, 3.05) is 26.4 Å². The first kappa shape index (κ1) is 84.2. The Morgan fingerprint density at radius 1 is 0.398 bits per heavy atom. The molecule has 0 aliphatic carbocycles. The summed E-state index contributed by atoms with van der Waals surface area (Å²) in [6, 6.07) is -0.990. The quantitative estimate of drug-likeness (QED) is 0.0199. The van der Waals surface area contributed by atoms with Gasteiger partial charge in [-0.15, -0.1) is 0 Å². The highest BCUT2D eigenvalue weighted by atomic mass is 16.8. The normalized spacial score (nSPS) is 28.0. The van der Waals surface area contributed by atoms with Crippen molar-refractivity contribution in [2.24, 2.45) is 0 Å². The average molecular weight is 1320 g/mol. The largest absolute Gasteiger partial charge is 0.394 e. The highest BCUT2D eigenvalue weighted by molar-refractivity contribution is 5.76. The summed E-state index contributed by atoms with van der Waals surface area (Å²) in [6.07, 6.45) is 44.6. The Morgan fingerprint density at radius 3 is 1.20 bits per heavy atom. The molecule has 17 unspecified atom stereocenters. The van der Waals surface area contributed by atoms with Crippen LogP contribution in [0.5, 0.6) is 0 Å². The number of ether oxygens (including phenoxy) is 6. The van der Waals surface area contributed by atoms with Gasteiger partial charge in [-0.25, -0.2) is 0 Å². The van der Waals surface area contributed by atoms with Crippen LogP contribution in [0.25, 0.3) is 0 Å². The van der Waals surface area contributed by atoms with E-state index in [0.29, 0.717) is 12.8 Å². The summed E-state index contributed by atoms with van der Waals surface area (Å²) in [7, 11) is 0. The van der Waals surface area contributed by atoms with Gasteiger partial charge in [0.1, 0.15) is 73.2 Å². The molecule has 3 saturated heterocycles. The van der Waals surface area contributed by atoms with Gasteiger partial charge in [-0.05, 0) is 77.0 Å². The fourth-order valence-electron chi connectivity index (χ4n) is 11.8. The molecular weight excluding hydrogens is 1190 g/mol. The third-order valence-corrected chi connectivity index (χ3v) is 17.7. The van der Waals surface area contributed by atoms with Crippen molar-refractivity contribution in [3.05, 3.63) is 85.1 Å². The van der Waals surface area contributed by atoms with E-state index in [-0.39, 0.29) is 18.9 Å². The van der Waals surface area contributed by atoms with Gasteiger partial charge in [-0.1, -0.05) is 247 Å². The highest BCUT2D eigenvalue weighted by Crippen LogP contribution is 2.33. The molecule has 0 aromatic heterocycles. The number of allylic oxidation sites excluding steroid dienone is 13. The number of carbonyl (C=O) groups excluding carboxylic acids is 1. The van der Waals surface area contributed by atoms with Gasteiger partial charge in [-0.3, -0.25) is 4.79 Å². The second-order valence-electron chi connectivity index (χ2n) is 25.7. The molecular formula is C74H129NO18. The van der Waals surface area contributed by atoms with E-state index < -0.39 is 124 Å². The van der Waals surface area contributed by atoms with Crippen molar-refractivity contribution in [1.82, 2.24) is 5.32 Å². The maximum Gasteiger partial charge on any atom is 0.220 e. The summed E-state index contributed by atoms with van der Waals surface area (Å²) in [5, 5.41) is 120. The molecule has 12 N–H and O–H groups in total. The first-order valence-corrected chi connectivity index (χ1v) is 36.3. The molecule has 538 valence electrons. The zero-order chi connectivity index (χ0) is 67.5. The molecule has 3 aliphatic rings. The molecule has 0 aromatic rings. The Bertz CT molecular complexity index is 2010. The molecule has 0 bridgehead atoms. The molecule has 3 heterocycles. The number of hydrogen-bond acceptors (Lipinski definition) is 18. The van der Waals surface area contributed by atoms with E-state index in [4.69, 9.17) is 28.4 Å². The highest BCUT2D eigenvalue weighted by Gasteiger charge is 2.53. The molecule has 0 spiro atoms. The minimum atomic E-state index is -1.98. The van der Waals surface area contributed by atoms with E-state index >= 15 is 0 Å². The van der Waals surface area contributed by atoms with Gasteiger partial charge in [-0.2, -0.15) is 0 Å². The average Bonchev–Trinajstić information content (AvgIpc) is 0.805. The smallest absolute Gasteiger partial charge is 0.220 e. The fraction of sp³-hybridized carbons (Fsp3) is 0.797. The minimum Gasteiger partial charge on any atom is -0.394 e. The van der Waals surface area contributed by atoms with Crippen LogP contribution in [0.2, 0.25) is 0 Å². The predicted molar refractivity (Wildman–Crippen MR) is 364 cm³/mol. The zero-order valence-corrected chi connectivity index (χ0v) is 57.0. The second kappa shape index (κ2) is 54.9. The van der Waals surface area contributed by atoms with Crippen molar-refractivity contribution in [1.29, 1.82) is 0 Å². The lowest BCUT2D eigenvalue weighted by molar-refractivity contribution is -0.379. The van der Waals surface area contributed by atoms with Crippen LogP contribution in [0.3, 0.4) is 0 Å². The lowest BCUT2D eigenvalue weighted by atomic mass is 9.96. The topological polar surface area (TPSA) is 307 Å². The molecule has 19 nitrogen and oxygen atoms in total. The Labute approximate surface area is 559 Å². The SMILES string of the molecule is CC/C=C\C/C=C\C/C=C\C/C=C\C/C=C\CCCCCCCCCCCCCCCCCCCCCCCC(=O)NC(COC1OC(CO)C(OC2OC(CO)C(OC3OC(CO)C(O)C(O)C3O)C(O)C2O)C(O)C1O)C(O)/C=C/CC/C=C/CCCCCCC. The van der Waals surface area contributed by atoms with Crippen molar-refractivity contribution in [3.63, 3.8) is 0 Å². The van der Waals surface area contributed by atoms with Crippen molar-refractivity contribution in [2.45, 2.75) is 349 Å². The maximum absolute atomic E-state index is 13.4. The van der Waals surface area contributed by atoms with Crippen LogP contribution >= 0.6 is 0 Å². The van der Waals surface area contributed by atoms with Gasteiger partial charge in [0, 0.05) is 6.42 Å². The number of amides is 1. The standard InChI is InChI=1S/C74H129NO18/c1-3-5-7-9-11-13-15-16-17-18-19-20-21-22-23-24-25-26-27-28-29-30-31-32-33-34-35-36-37-38-39-40-42-44-46-48-50-52-62(80)75-57(58(79)51-49-47-45-43-41-14-12-10-8-6-4-2)56-88-72-68(86)65(83)70(60(54-77)90-72)93-74-69(87)66(84)71(61(55-78)91-74)92-73-67(85)64(82)63(81)59(53-76)89-73/h5,7,11,13,16-17,19-20,22-23,41,43,49,51,57-61,63-74,76-79,81-87H,3-4,6,8-10,12,14-15,18,21,24-40,42,44-48,50,52-56H2,1-2H3,(H,75,80)/b7-5-,13-11-,17-16-,20-19-,23-22-,43-41+,51-49+. The predicted octanol–water partition coefficient (Wildman–Crippen LogP) is 10.3. The zero-order valence-electron chi connectivity index (χ0n) is 57.0. The van der Waals surface area contributed by atoms with Gasteiger partial charge in [0.05, 0.1) is 38.6 Å². The van der Waals surface area contributed by atoms with E-state index in [1.165, 1.54) is 141 Å². The van der Waals surface area contributed by atoms with Crippen molar-refractivity contribution < 1.29 is 89.4 Å². The first-order valence-electron chi connectivity index (χ1n) is 36.3. The molecule has 0 saturated carbocycles. The number of aliphatic hydroxyl groups is 11. The lowest BCUT2D eigenvalue weighted by Gasteiger charge is -2.48. The van der Waals surface area contributed by atoms with Gasteiger partial charge in [0.2, 0.25) is 5.91 Å². The van der Waals surface area contributed by atoms with Crippen LogP contribution in [0.15, 0.2) is 85.1 Å². The van der Waals surface area contributed by atoms with E-state index in [9.17, 15) is 61.0 Å². The van der Waals surface area contributed by atoms with Gasteiger partial charge in [0.25, 0.3) is 0 Å². The number of carbonyl (C=O) groups is 1. The fourth-order valence-corrected chi connectivity index (χ4v) is 11.8. The van der Waals surface area contributed by atoms with Crippen LogP contribution in [0, 0.1) is 0 Å². The number of rotatable bonds is 55. The van der Waals surface area contributed by atoms with E-state index in [1.54, 1.807) is 6.08 Å². The van der Waals surface area contributed by atoms with Crippen LogP contribution in [0.1, 0.15) is 245 Å². The molecule has 0 radical (unpaired) electrons. The van der Waals surface area contributed by atoms with Crippen LogP contribution in [0.4, 0.5) is 0 Å². The molecule has 19 heteroatoms. The van der Waals surface area contributed by atoms with Gasteiger partial charge < -0.3 is 89.9 Å². The minimum absolute atomic E-state index is 0.235. The number of hydrogen-bond donors (Lipinski definition) is 12. The van der Waals surface area contributed by atoms with Crippen molar-refractivity contribution >= 4 is 5.91 Å². The summed E-state index contributed by atoms with van der Waals surface area (Å²) >= 11 is 0. The second-order valence-corrected chi connectivity index (χ2v) is 25.7. The molecule has 3 rings (SSSR count). The molecule has 1 amide bonds. The maximum atomic E-state index is 13.4. The summed E-state index contributed by atoms with van der Waals surface area (Å²) in [5.41, 5.74) is 0. The summed E-state index contributed by atoms with van der Waals surface area (Å²) in [4.78, 5) is 13.4. The third-order valence-electron chi connectivity index (χ3n) is 17.7. The van der Waals surface area contributed by atoms with Gasteiger partial charge in [0.15, 0.2) is 18.9 Å². The Morgan fingerprint density at radius 2 is 0.753 bits per heavy atom. The molecule has 0 aromatic carbocycles. The monoisotopic (exact) mass is 1320 g/mol. The number of unbranched alkanes of at least 4 members (excludes halogenated alkanes) is 27. The lowest BCUT2D eigenvalue weighted by Crippen LogP contribution is -2.66. The van der Waals surface area contributed by atoms with E-state index in [2.05, 4.69) is 92.1 Å². The molecule has 93 heavy (non-hydrogen) atoms. The molecule has 3 fully saturated rings. The first-order chi connectivity index (χ1) is 45.3. The summed E-state index contributed by atoms with van der Waals surface area (Å²) < 4.78 is 34.3. The van der Waals surface area contributed by atoms with Crippen LogP contribution < -0.4 is 5.32 Å². The van der Waals surface area contributed by atoms with Gasteiger partial charge >= 0.3 is 0 Å². The van der Waals surface area contributed by atoms with E-state index in [0.717, 1.165) is 70.6 Å². The third kappa shape index (κ3) is 36.4. The van der Waals surface area contributed by atoms with Crippen LogP contribution in [-0.4, -0.2) is 193 Å². The summed E-state index contributed by atoms with van der Waals surface area (Å²) in [6.45, 7) is 1.56. The summed E-state index contributed by atoms with van der Waals surface area (Å²) in [5.74, 6) is -0.287. The van der Waals surface area contributed by atoms with Crippen LogP contribution in [-0.2, 0) is 33.2 Å². The molecule has 17 atom stereocenters. The number of nitrogens with one attached hydrogen (secondary N) is 1.